The average molecular weight is 552 g/mol. The van der Waals surface area contributed by atoms with E-state index in [1.54, 1.807) is 0 Å². The molecule has 0 aliphatic carbocycles. The third-order valence-electron chi connectivity index (χ3n) is 8.46. The van der Waals surface area contributed by atoms with Gasteiger partial charge < -0.3 is 0 Å². The molecule has 0 radical (unpaired) electrons. The molecule has 8 aromatic rings. The Morgan fingerprint density at radius 3 is 1.79 bits per heavy atom. The fraction of sp³-hybridized carbons (Fsp3) is 0.0500. The molecule has 0 atom stereocenters. The van der Waals surface area contributed by atoms with Crippen molar-refractivity contribution in [3.63, 3.8) is 0 Å². The van der Waals surface area contributed by atoms with E-state index in [1.165, 1.54) is 49.4 Å². The SMILES string of the molecule is CCc1nc2ccccc2n1-c1ccc(-c2c3ccccc3c(-c3ccccc3-c3cccnc3)c3ccccc23)cc1. The molecule has 0 amide bonds. The molecule has 0 spiro atoms. The lowest BCUT2D eigenvalue weighted by Gasteiger charge is -2.20. The molecular weight excluding hydrogens is 522 g/mol. The van der Waals surface area contributed by atoms with Gasteiger partial charge in [0.15, 0.2) is 0 Å². The van der Waals surface area contributed by atoms with Crippen LogP contribution in [0.15, 0.2) is 146 Å². The second kappa shape index (κ2) is 10.4. The molecule has 0 aliphatic heterocycles. The Morgan fingerprint density at radius 1 is 0.535 bits per heavy atom. The van der Waals surface area contributed by atoms with Gasteiger partial charge in [0.25, 0.3) is 0 Å². The molecule has 43 heavy (non-hydrogen) atoms. The molecule has 0 fully saturated rings. The molecule has 0 saturated carbocycles. The molecule has 0 aliphatic rings. The molecule has 2 heterocycles. The molecule has 8 rings (SSSR count). The summed E-state index contributed by atoms with van der Waals surface area (Å²) in [5.41, 5.74) is 10.5. The first-order valence-electron chi connectivity index (χ1n) is 14.8. The molecule has 6 aromatic carbocycles. The molecule has 3 nitrogen and oxygen atoms in total. The maximum atomic E-state index is 4.90. The summed E-state index contributed by atoms with van der Waals surface area (Å²) in [4.78, 5) is 9.32. The van der Waals surface area contributed by atoms with Crippen LogP contribution in [0.5, 0.6) is 0 Å². The summed E-state index contributed by atoms with van der Waals surface area (Å²) in [5.74, 6) is 1.07. The highest BCUT2D eigenvalue weighted by Crippen LogP contribution is 2.46. The molecule has 0 unspecified atom stereocenters. The third kappa shape index (κ3) is 4.12. The molecular formula is C40H29N3. The van der Waals surface area contributed by atoms with Crippen LogP contribution in [0.3, 0.4) is 0 Å². The number of benzene rings is 6. The zero-order valence-electron chi connectivity index (χ0n) is 23.9. The molecule has 3 heteroatoms. The van der Waals surface area contributed by atoms with Gasteiger partial charge in [0.2, 0.25) is 0 Å². The molecule has 204 valence electrons. The topological polar surface area (TPSA) is 30.7 Å². The van der Waals surface area contributed by atoms with E-state index in [9.17, 15) is 0 Å². The van der Waals surface area contributed by atoms with Crippen molar-refractivity contribution in [2.45, 2.75) is 13.3 Å². The molecule has 2 aromatic heterocycles. The summed E-state index contributed by atoms with van der Waals surface area (Å²) in [5, 5.41) is 4.97. The summed E-state index contributed by atoms with van der Waals surface area (Å²) in [6.45, 7) is 2.17. The van der Waals surface area contributed by atoms with Crippen molar-refractivity contribution in [3.05, 3.63) is 152 Å². The number of para-hydroxylation sites is 2. The highest BCUT2D eigenvalue weighted by Gasteiger charge is 2.19. The zero-order valence-corrected chi connectivity index (χ0v) is 23.9. The van der Waals surface area contributed by atoms with Crippen LogP contribution < -0.4 is 0 Å². The van der Waals surface area contributed by atoms with Crippen LogP contribution in [-0.2, 0) is 6.42 Å². The standard InChI is InChI=1S/C40H29N3/c1-2-38-42-36-19-9-10-20-37(36)43(38)29-23-21-27(22-24-29)39-32-15-5-7-17-34(32)40(35-18-8-6-16-33(35)39)31-14-4-3-13-30(31)28-12-11-25-41-26-28/h3-26H,2H2,1H3. The molecule has 0 N–H and O–H groups in total. The van der Waals surface area contributed by atoms with E-state index in [2.05, 4.69) is 144 Å². The van der Waals surface area contributed by atoms with Gasteiger partial charge in [0, 0.05) is 30.1 Å². The normalized spacial score (nSPS) is 11.5. The van der Waals surface area contributed by atoms with Crippen LogP contribution in [0.2, 0.25) is 0 Å². The van der Waals surface area contributed by atoms with E-state index in [0.717, 1.165) is 34.5 Å². The molecule has 0 bridgehead atoms. The minimum absolute atomic E-state index is 0.869. The fourth-order valence-corrected chi connectivity index (χ4v) is 6.58. The second-order valence-electron chi connectivity index (χ2n) is 10.9. The minimum Gasteiger partial charge on any atom is -0.296 e. The number of fused-ring (bicyclic) bond motifs is 3. The van der Waals surface area contributed by atoms with Gasteiger partial charge in [-0.3, -0.25) is 9.55 Å². The quantitative estimate of drug-likeness (QED) is 0.199. The van der Waals surface area contributed by atoms with Gasteiger partial charge in [-0.15, -0.1) is 0 Å². The first kappa shape index (κ1) is 25.2. The lowest BCUT2D eigenvalue weighted by Crippen LogP contribution is -2.00. The Bertz CT molecular complexity index is 2200. The van der Waals surface area contributed by atoms with Gasteiger partial charge in [0.1, 0.15) is 5.82 Å². The molecule has 0 saturated heterocycles. The van der Waals surface area contributed by atoms with Crippen molar-refractivity contribution < 1.29 is 0 Å². The fourth-order valence-electron chi connectivity index (χ4n) is 6.58. The average Bonchev–Trinajstić information content (AvgIpc) is 3.46. The van der Waals surface area contributed by atoms with Crippen LogP contribution in [0.25, 0.3) is 71.6 Å². The van der Waals surface area contributed by atoms with Crippen molar-refractivity contribution in [1.29, 1.82) is 0 Å². The first-order valence-corrected chi connectivity index (χ1v) is 14.8. The van der Waals surface area contributed by atoms with E-state index in [0.29, 0.717) is 0 Å². The number of imidazole rings is 1. The smallest absolute Gasteiger partial charge is 0.114 e. The predicted octanol–water partition coefficient (Wildman–Crippen LogP) is 10.3. The highest BCUT2D eigenvalue weighted by atomic mass is 15.1. The number of nitrogens with zero attached hydrogens (tertiary/aromatic N) is 3. The lowest BCUT2D eigenvalue weighted by molar-refractivity contribution is 0.908. The van der Waals surface area contributed by atoms with Crippen LogP contribution in [0.4, 0.5) is 0 Å². The van der Waals surface area contributed by atoms with E-state index in [4.69, 9.17) is 4.98 Å². The summed E-state index contributed by atoms with van der Waals surface area (Å²) in [6.07, 6.45) is 4.65. The Morgan fingerprint density at radius 2 is 1.14 bits per heavy atom. The van der Waals surface area contributed by atoms with E-state index in [-0.39, 0.29) is 0 Å². The summed E-state index contributed by atoms with van der Waals surface area (Å²) in [6, 6.07) is 47.9. The maximum absolute atomic E-state index is 4.90. The van der Waals surface area contributed by atoms with Gasteiger partial charge in [0.05, 0.1) is 11.0 Å². The summed E-state index contributed by atoms with van der Waals surface area (Å²) >= 11 is 0. The van der Waals surface area contributed by atoms with E-state index >= 15 is 0 Å². The number of rotatable bonds is 5. The number of hydrogen-bond acceptors (Lipinski definition) is 2. The number of hydrogen-bond donors (Lipinski definition) is 0. The largest absolute Gasteiger partial charge is 0.296 e. The van der Waals surface area contributed by atoms with Crippen molar-refractivity contribution in [3.8, 4) is 39.1 Å². The Hall–Kier alpha value is -5.54. The minimum atomic E-state index is 0.869. The number of pyridine rings is 1. The zero-order chi connectivity index (χ0) is 28.8. The Balaban J connectivity index is 1.37. The second-order valence-corrected chi connectivity index (χ2v) is 10.9. The van der Waals surface area contributed by atoms with Gasteiger partial charge in [-0.05, 0) is 79.7 Å². The lowest BCUT2D eigenvalue weighted by atomic mass is 9.84. The predicted molar refractivity (Wildman–Crippen MR) is 180 cm³/mol. The number of aryl methyl sites for hydroxylation is 1. The monoisotopic (exact) mass is 551 g/mol. The van der Waals surface area contributed by atoms with Crippen LogP contribution in [0.1, 0.15) is 12.7 Å². The van der Waals surface area contributed by atoms with Gasteiger partial charge in [-0.1, -0.05) is 110 Å². The summed E-state index contributed by atoms with van der Waals surface area (Å²) < 4.78 is 2.29. The Labute approximate surface area is 250 Å². The Kier molecular flexibility index (Phi) is 6.08. The van der Waals surface area contributed by atoms with E-state index in [1.807, 2.05) is 18.5 Å². The van der Waals surface area contributed by atoms with Gasteiger partial charge >= 0.3 is 0 Å². The van der Waals surface area contributed by atoms with Crippen LogP contribution >= 0.6 is 0 Å². The van der Waals surface area contributed by atoms with E-state index < -0.39 is 0 Å². The highest BCUT2D eigenvalue weighted by molar-refractivity contribution is 6.22. The number of aromatic nitrogens is 3. The van der Waals surface area contributed by atoms with Crippen LogP contribution in [-0.4, -0.2) is 14.5 Å². The summed E-state index contributed by atoms with van der Waals surface area (Å²) in [7, 11) is 0. The van der Waals surface area contributed by atoms with Crippen molar-refractivity contribution in [2.24, 2.45) is 0 Å². The van der Waals surface area contributed by atoms with Gasteiger partial charge in [-0.2, -0.15) is 0 Å². The maximum Gasteiger partial charge on any atom is 0.114 e. The van der Waals surface area contributed by atoms with Crippen LogP contribution in [0, 0.1) is 0 Å². The van der Waals surface area contributed by atoms with Crippen molar-refractivity contribution in [2.75, 3.05) is 0 Å². The third-order valence-corrected chi connectivity index (χ3v) is 8.46. The van der Waals surface area contributed by atoms with Crippen molar-refractivity contribution >= 4 is 32.6 Å². The first-order chi connectivity index (χ1) is 21.3. The van der Waals surface area contributed by atoms with Crippen molar-refractivity contribution in [1.82, 2.24) is 14.5 Å². The van der Waals surface area contributed by atoms with Gasteiger partial charge in [-0.25, -0.2) is 4.98 Å².